The van der Waals surface area contributed by atoms with Gasteiger partial charge in [-0.2, -0.15) is 5.26 Å². The lowest BCUT2D eigenvalue weighted by Crippen LogP contribution is -2.25. The molecular formula is C11H14N2O. The zero-order chi connectivity index (χ0) is 10.6. The Labute approximate surface area is 84.1 Å². The van der Waals surface area contributed by atoms with Gasteiger partial charge in [0.05, 0.1) is 6.07 Å². The molecule has 74 valence electrons. The molecule has 0 radical (unpaired) electrons. The summed E-state index contributed by atoms with van der Waals surface area (Å²) in [6.07, 6.45) is 0. The first-order valence-corrected chi connectivity index (χ1v) is 4.48. The number of nitriles is 1. The summed E-state index contributed by atoms with van der Waals surface area (Å²) in [7, 11) is 0. The fourth-order valence-corrected chi connectivity index (χ4v) is 1.08. The number of ether oxygens (including phenoxy) is 1. The lowest BCUT2D eigenvalue weighted by atomic mass is 10.1. The van der Waals surface area contributed by atoms with Crippen LogP contribution in [0.2, 0.25) is 0 Å². The predicted molar refractivity (Wildman–Crippen MR) is 55.0 cm³/mol. The monoisotopic (exact) mass is 190 g/mol. The van der Waals surface area contributed by atoms with Gasteiger partial charge in [0.15, 0.2) is 0 Å². The molecule has 0 aromatic heterocycles. The minimum Gasteiger partial charge on any atom is -0.491 e. The highest BCUT2D eigenvalue weighted by molar-refractivity contribution is 5.36. The molecule has 0 aliphatic heterocycles. The van der Waals surface area contributed by atoms with Crippen LogP contribution < -0.4 is 10.5 Å². The van der Waals surface area contributed by atoms with E-state index >= 15 is 0 Å². The van der Waals surface area contributed by atoms with Crippen LogP contribution in [0, 0.1) is 25.2 Å². The summed E-state index contributed by atoms with van der Waals surface area (Å²) in [6.45, 7) is 4.20. The van der Waals surface area contributed by atoms with E-state index in [-0.39, 0.29) is 6.61 Å². The van der Waals surface area contributed by atoms with E-state index in [0.29, 0.717) is 0 Å². The molecule has 3 nitrogen and oxygen atoms in total. The summed E-state index contributed by atoms with van der Waals surface area (Å²) < 4.78 is 5.42. The van der Waals surface area contributed by atoms with Crippen LogP contribution in [0.1, 0.15) is 11.1 Å². The molecule has 1 aromatic rings. The second-order valence-corrected chi connectivity index (χ2v) is 3.32. The van der Waals surface area contributed by atoms with Crippen LogP contribution in [0.25, 0.3) is 0 Å². The molecule has 0 saturated heterocycles. The molecule has 0 fully saturated rings. The summed E-state index contributed by atoms with van der Waals surface area (Å²) in [5, 5.41) is 8.48. The van der Waals surface area contributed by atoms with E-state index in [0.717, 1.165) is 16.9 Å². The van der Waals surface area contributed by atoms with Crippen molar-refractivity contribution < 1.29 is 4.74 Å². The number of hydrogen-bond donors (Lipinski definition) is 1. The Kier molecular flexibility index (Phi) is 3.49. The first-order chi connectivity index (χ1) is 6.63. The predicted octanol–water partition coefficient (Wildman–Crippen LogP) is 1.53. The van der Waals surface area contributed by atoms with Gasteiger partial charge in [-0.25, -0.2) is 0 Å². The summed E-state index contributed by atoms with van der Waals surface area (Å²) >= 11 is 0. The Balaban J connectivity index is 2.67. The number of benzene rings is 1. The van der Waals surface area contributed by atoms with Crippen molar-refractivity contribution in [1.29, 1.82) is 5.26 Å². The van der Waals surface area contributed by atoms with Gasteiger partial charge in [-0.3, -0.25) is 0 Å². The van der Waals surface area contributed by atoms with Gasteiger partial charge in [0.25, 0.3) is 0 Å². The van der Waals surface area contributed by atoms with Crippen molar-refractivity contribution in [3.63, 3.8) is 0 Å². The summed E-state index contributed by atoms with van der Waals surface area (Å²) in [5.74, 6) is 0.802. The van der Waals surface area contributed by atoms with Gasteiger partial charge in [0.1, 0.15) is 18.4 Å². The molecule has 1 aromatic carbocycles. The van der Waals surface area contributed by atoms with Crippen molar-refractivity contribution in [3.05, 3.63) is 29.3 Å². The minimum absolute atomic E-state index is 0.237. The van der Waals surface area contributed by atoms with Crippen LogP contribution in [-0.4, -0.2) is 12.6 Å². The van der Waals surface area contributed by atoms with Crippen molar-refractivity contribution >= 4 is 0 Å². The third-order valence-electron chi connectivity index (χ3n) is 1.93. The smallest absolute Gasteiger partial charge is 0.127 e. The Bertz CT molecular complexity index is 355. The van der Waals surface area contributed by atoms with E-state index in [1.807, 2.05) is 38.1 Å². The maximum Gasteiger partial charge on any atom is 0.127 e. The standard InChI is InChI=1S/C11H14N2O/c1-8-3-4-9(2)11(5-8)14-7-10(13)6-12/h3-5,10H,7,13H2,1-2H3. The normalized spacial score (nSPS) is 11.9. The molecule has 0 aliphatic carbocycles. The van der Waals surface area contributed by atoms with Gasteiger partial charge in [0, 0.05) is 0 Å². The molecule has 0 aliphatic rings. The first-order valence-electron chi connectivity index (χ1n) is 4.48. The molecule has 0 bridgehead atoms. The average molecular weight is 190 g/mol. The van der Waals surface area contributed by atoms with E-state index in [1.165, 1.54) is 0 Å². The Morgan fingerprint density at radius 3 is 2.86 bits per heavy atom. The zero-order valence-corrected chi connectivity index (χ0v) is 8.45. The van der Waals surface area contributed by atoms with Crippen molar-refractivity contribution in [1.82, 2.24) is 0 Å². The second-order valence-electron chi connectivity index (χ2n) is 3.32. The fourth-order valence-electron chi connectivity index (χ4n) is 1.08. The van der Waals surface area contributed by atoms with E-state index in [1.54, 1.807) is 0 Å². The zero-order valence-electron chi connectivity index (χ0n) is 8.45. The quantitative estimate of drug-likeness (QED) is 0.786. The molecule has 0 saturated carbocycles. The molecule has 0 amide bonds. The number of aryl methyl sites for hydroxylation is 2. The summed E-state index contributed by atoms with van der Waals surface area (Å²) in [4.78, 5) is 0. The van der Waals surface area contributed by atoms with Crippen molar-refractivity contribution in [3.8, 4) is 11.8 Å². The first kappa shape index (κ1) is 10.6. The van der Waals surface area contributed by atoms with Gasteiger partial charge in [-0.05, 0) is 31.0 Å². The van der Waals surface area contributed by atoms with Gasteiger partial charge in [0.2, 0.25) is 0 Å². The van der Waals surface area contributed by atoms with E-state index < -0.39 is 6.04 Å². The molecule has 3 heteroatoms. The van der Waals surface area contributed by atoms with Crippen LogP contribution in [0.3, 0.4) is 0 Å². The van der Waals surface area contributed by atoms with Gasteiger partial charge in [-0.1, -0.05) is 12.1 Å². The molecule has 1 atom stereocenters. The summed E-state index contributed by atoms with van der Waals surface area (Å²) in [5.41, 5.74) is 7.61. The highest BCUT2D eigenvalue weighted by atomic mass is 16.5. The largest absolute Gasteiger partial charge is 0.491 e. The number of rotatable bonds is 3. The second kappa shape index (κ2) is 4.64. The Hall–Kier alpha value is -1.53. The molecule has 14 heavy (non-hydrogen) atoms. The minimum atomic E-state index is -0.560. The van der Waals surface area contributed by atoms with E-state index in [2.05, 4.69) is 0 Å². The SMILES string of the molecule is Cc1ccc(C)c(OCC(N)C#N)c1. The van der Waals surface area contributed by atoms with Gasteiger partial charge < -0.3 is 10.5 Å². The van der Waals surface area contributed by atoms with Crippen molar-refractivity contribution in [2.75, 3.05) is 6.61 Å². The molecular weight excluding hydrogens is 176 g/mol. The van der Waals surface area contributed by atoms with Crippen LogP contribution in [0.15, 0.2) is 18.2 Å². The fraction of sp³-hybridized carbons (Fsp3) is 0.364. The van der Waals surface area contributed by atoms with Crippen LogP contribution in [-0.2, 0) is 0 Å². The molecule has 0 spiro atoms. The van der Waals surface area contributed by atoms with Crippen molar-refractivity contribution in [2.45, 2.75) is 19.9 Å². The maximum atomic E-state index is 8.48. The highest BCUT2D eigenvalue weighted by Gasteiger charge is 2.03. The summed E-state index contributed by atoms with van der Waals surface area (Å²) in [6, 6.07) is 7.31. The Morgan fingerprint density at radius 2 is 2.21 bits per heavy atom. The van der Waals surface area contributed by atoms with Gasteiger partial charge in [-0.15, -0.1) is 0 Å². The van der Waals surface area contributed by atoms with Crippen LogP contribution in [0.4, 0.5) is 0 Å². The van der Waals surface area contributed by atoms with Crippen LogP contribution in [0.5, 0.6) is 5.75 Å². The highest BCUT2D eigenvalue weighted by Crippen LogP contribution is 2.18. The van der Waals surface area contributed by atoms with Gasteiger partial charge >= 0.3 is 0 Å². The lowest BCUT2D eigenvalue weighted by molar-refractivity contribution is 0.306. The number of nitrogens with zero attached hydrogens (tertiary/aromatic N) is 1. The molecule has 1 rings (SSSR count). The van der Waals surface area contributed by atoms with Crippen molar-refractivity contribution in [2.24, 2.45) is 5.73 Å². The third-order valence-corrected chi connectivity index (χ3v) is 1.93. The number of nitrogens with two attached hydrogens (primary N) is 1. The topological polar surface area (TPSA) is 59.0 Å². The average Bonchev–Trinajstić information content (AvgIpc) is 2.19. The molecule has 2 N–H and O–H groups in total. The molecule has 1 unspecified atom stereocenters. The van der Waals surface area contributed by atoms with E-state index in [4.69, 9.17) is 15.7 Å². The maximum absolute atomic E-state index is 8.48. The Morgan fingerprint density at radius 1 is 1.50 bits per heavy atom. The third kappa shape index (κ3) is 2.75. The van der Waals surface area contributed by atoms with Crippen LogP contribution >= 0.6 is 0 Å². The van der Waals surface area contributed by atoms with E-state index in [9.17, 15) is 0 Å². The lowest BCUT2D eigenvalue weighted by Gasteiger charge is -2.10. The molecule has 0 heterocycles. The number of hydrogen-bond acceptors (Lipinski definition) is 3.